The van der Waals surface area contributed by atoms with Gasteiger partial charge < -0.3 is 14.1 Å². The maximum Gasteiger partial charge on any atom is 0.233 e. The number of likely N-dealkylation sites (tertiary alicyclic amines) is 1. The van der Waals surface area contributed by atoms with Crippen LogP contribution in [-0.2, 0) is 9.53 Å². The van der Waals surface area contributed by atoms with Gasteiger partial charge in [0.1, 0.15) is 0 Å². The van der Waals surface area contributed by atoms with E-state index >= 15 is 0 Å². The summed E-state index contributed by atoms with van der Waals surface area (Å²) in [6, 6.07) is 0.0569. The predicted octanol–water partition coefficient (Wildman–Crippen LogP) is 1.01. The summed E-state index contributed by atoms with van der Waals surface area (Å²) in [6.45, 7) is 8.33. The molecular weight excluding hydrogens is 284 g/mol. The lowest BCUT2D eigenvalue weighted by atomic mass is 9.95. The average molecular weight is 308 g/mol. The maximum atomic E-state index is 12.7. The summed E-state index contributed by atoms with van der Waals surface area (Å²) in [5, 5.41) is 8.01. The third kappa shape index (κ3) is 3.30. The minimum Gasteiger partial charge on any atom is -0.424 e. The second-order valence-electron chi connectivity index (χ2n) is 6.11. The summed E-state index contributed by atoms with van der Waals surface area (Å²) < 4.78 is 10.9. The first-order valence-electron chi connectivity index (χ1n) is 8.05. The van der Waals surface area contributed by atoms with Crippen LogP contribution in [0.5, 0.6) is 0 Å². The van der Waals surface area contributed by atoms with E-state index in [9.17, 15) is 4.79 Å². The van der Waals surface area contributed by atoms with Gasteiger partial charge in [0.15, 0.2) is 0 Å². The maximum absolute atomic E-state index is 12.7. The third-order valence-corrected chi connectivity index (χ3v) is 4.57. The molecule has 0 unspecified atom stereocenters. The lowest BCUT2D eigenvalue weighted by molar-refractivity contribution is -0.141. The molecule has 1 aromatic rings. The standard InChI is InChI=1S/C15H24N4O3/c1-11(14-17-16-12(2)22-14)19-5-3-4-13(10-19)15(20)18-6-8-21-9-7-18/h11,13H,3-10H2,1-2H3/t11-,13-/m0/s1. The number of amides is 1. The molecule has 2 aliphatic heterocycles. The Hall–Kier alpha value is -1.47. The lowest BCUT2D eigenvalue weighted by Crippen LogP contribution is -2.48. The molecule has 0 aliphatic carbocycles. The van der Waals surface area contributed by atoms with Gasteiger partial charge in [0.25, 0.3) is 0 Å². The molecule has 0 radical (unpaired) electrons. The molecule has 0 aromatic carbocycles. The van der Waals surface area contributed by atoms with E-state index < -0.39 is 0 Å². The van der Waals surface area contributed by atoms with Gasteiger partial charge in [0, 0.05) is 26.6 Å². The number of aromatic nitrogens is 2. The minimum atomic E-state index is 0.0569. The van der Waals surface area contributed by atoms with Crippen LogP contribution in [0.3, 0.4) is 0 Å². The zero-order valence-electron chi connectivity index (χ0n) is 13.3. The Labute approximate surface area is 130 Å². The van der Waals surface area contributed by atoms with Gasteiger partial charge >= 0.3 is 0 Å². The highest BCUT2D eigenvalue weighted by molar-refractivity contribution is 5.79. The highest BCUT2D eigenvalue weighted by atomic mass is 16.5. The second kappa shape index (κ2) is 6.75. The van der Waals surface area contributed by atoms with E-state index in [1.54, 1.807) is 6.92 Å². The summed E-state index contributed by atoms with van der Waals surface area (Å²) in [7, 11) is 0. The van der Waals surface area contributed by atoms with Gasteiger partial charge in [-0.1, -0.05) is 0 Å². The van der Waals surface area contributed by atoms with E-state index in [4.69, 9.17) is 9.15 Å². The monoisotopic (exact) mass is 308 g/mol. The zero-order chi connectivity index (χ0) is 15.5. The van der Waals surface area contributed by atoms with Crippen molar-refractivity contribution in [2.75, 3.05) is 39.4 Å². The molecule has 2 aliphatic rings. The van der Waals surface area contributed by atoms with Gasteiger partial charge in [-0.3, -0.25) is 9.69 Å². The Morgan fingerprint density at radius 1 is 1.27 bits per heavy atom. The Morgan fingerprint density at radius 2 is 2.05 bits per heavy atom. The lowest BCUT2D eigenvalue weighted by Gasteiger charge is -2.37. The molecule has 1 aromatic heterocycles. The average Bonchev–Trinajstić information content (AvgIpc) is 3.01. The molecule has 0 spiro atoms. The van der Waals surface area contributed by atoms with Gasteiger partial charge in [-0.05, 0) is 26.3 Å². The largest absolute Gasteiger partial charge is 0.424 e. The van der Waals surface area contributed by atoms with Crippen molar-refractivity contribution in [2.24, 2.45) is 5.92 Å². The number of ether oxygens (including phenoxy) is 1. The molecule has 0 N–H and O–H groups in total. The molecule has 2 atom stereocenters. The predicted molar refractivity (Wildman–Crippen MR) is 79.1 cm³/mol. The highest BCUT2D eigenvalue weighted by Gasteiger charge is 2.33. The molecule has 2 saturated heterocycles. The molecule has 7 heteroatoms. The molecule has 0 bridgehead atoms. The topological polar surface area (TPSA) is 71.7 Å². The van der Waals surface area contributed by atoms with Crippen LogP contribution in [-0.4, -0.2) is 65.3 Å². The smallest absolute Gasteiger partial charge is 0.233 e. The van der Waals surface area contributed by atoms with Crippen LogP contribution in [0.25, 0.3) is 0 Å². The van der Waals surface area contributed by atoms with Crippen LogP contribution in [0.2, 0.25) is 0 Å². The second-order valence-corrected chi connectivity index (χ2v) is 6.11. The van der Waals surface area contributed by atoms with E-state index in [1.165, 1.54) is 0 Å². The molecule has 0 saturated carbocycles. The first kappa shape index (κ1) is 15.4. The van der Waals surface area contributed by atoms with E-state index in [1.807, 2.05) is 4.90 Å². The van der Waals surface area contributed by atoms with Crippen LogP contribution in [0.4, 0.5) is 0 Å². The van der Waals surface area contributed by atoms with Crippen molar-refractivity contribution < 1.29 is 13.9 Å². The fraction of sp³-hybridized carbons (Fsp3) is 0.800. The fourth-order valence-corrected chi connectivity index (χ4v) is 3.24. The van der Waals surface area contributed by atoms with Crippen molar-refractivity contribution >= 4 is 5.91 Å². The molecule has 3 heterocycles. The van der Waals surface area contributed by atoms with Gasteiger partial charge in [0.05, 0.1) is 25.2 Å². The molecule has 2 fully saturated rings. The van der Waals surface area contributed by atoms with Crippen LogP contribution >= 0.6 is 0 Å². The van der Waals surface area contributed by atoms with Gasteiger partial charge in [0.2, 0.25) is 17.7 Å². The molecular formula is C15H24N4O3. The molecule has 3 rings (SSSR count). The van der Waals surface area contributed by atoms with E-state index in [0.29, 0.717) is 38.1 Å². The van der Waals surface area contributed by atoms with Crippen molar-refractivity contribution in [3.05, 3.63) is 11.8 Å². The van der Waals surface area contributed by atoms with Gasteiger partial charge in [-0.2, -0.15) is 0 Å². The summed E-state index contributed by atoms with van der Waals surface area (Å²) in [5.41, 5.74) is 0. The number of carbonyl (C=O) groups excluding carboxylic acids is 1. The van der Waals surface area contributed by atoms with E-state index in [-0.39, 0.29) is 17.9 Å². The number of aryl methyl sites for hydroxylation is 1. The Balaban J connectivity index is 1.62. The quantitative estimate of drug-likeness (QED) is 0.830. The summed E-state index contributed by atoms with van der Waals surface area (Å²) in [5.74, 6) is 1.55. The van der Waals surface area contributed by atoms with Crippen molar-refractivity contribution in [3.63, 3.8) is 0 Å². The Morgan fingerprint density at radius 3 is 2.73 bits per heavy atom. The number of nitrogens with zero attached hydrogens (tertiary/aromatic N) is 4. The first-order chi connectivity index (χ1) is 10.6. The van der Waals surface area contributed by atoms with Gasteiger partial charge in [-0.15, -0.1) is 10.2 Å². The summed E-state index contributed by atoms with van der Waals surface area (Å²) in [6.07, 6.45) is 1.99. The number of piperidine rings is 1. The van der Waals surface area contributed by atoms with Crippen molar-refractivity contribution in [1.29, 1.82) is 0 Å². The minimum absolute atomic E-state index is 0.0569. The van der Waals surface area contributed by atoms with Crippen LogP contribution in [0.15, 0.2) is 4.42 Å². The van der Waals surface area contributed by atoms with Crippen molar-refractivity contribution in [1.82, 2.24) is 20.0 Å². The van der Waals surface area contributed by atoms with Gasteiger partial charge in [-0.25, -0.2) is 0 Å². The number of hydrogen-bond donors (Lipinski definition) is 0. The molecule has 7 nitrogen and oxygen atoms in total. The SMILES string of the molecule is Cc1nnc([C@H](C)N2CCC[C@H](C(=O)N3CCOCC3)C2)o1. The Kier molecular flexibility index (Phi) is 4.73. The van der Waals surface area contributed by atoms with E-state index in [0.717, 1.165) is 25.9 Å². The van der Waals surface area contributed by atoms with Crippen LogP contribution < -0.4 is 0 Å². The van der Waals surface area contributed by atoms with Crippen LogP contribution in [0, 0.1) is 12.8 Å². The number of morpholine rings is 1. The molecule has 122 valence electrons. The molecule has 22 heavy (non-hydrogen) atoms. The third-order valence-electron chi connectivity index (χ3n) is 4.57. The fourth-order valence-electron chi connectivity index (χ4n) is 3.24. The van der Waals surface area contributed by atoms with Crippen molar-refractivity contribution in [2.45, 2.75) is 32.7 Å². The zero-order valence-corrected chi connectivity index (χ0v) is 13.3. The number of hydrogen-bond acceptors (Lipinski definition) is 6. The molecule has 1 amide bonds. The van der Waals surface area contributed by atoms with Crippen LogP contribution in [0.1, 0.15) is 37.6 Å². The summed E-state index contributed by atoms with van der Waals surface area (Å²) in [4.78, 5) is 16.9. The normalized spacial score (nSPS) is 25.2. The highest BCUT2D eigenvalue weighted by Crippen LogP contribution is 2.27. The van der Waals surface area contributed by atoms with E-state index in [2.05, 4.69) is 22.0 Å². The van der Waals surface area contributed by atoms with Crippen molar-refractivity contribution in [3.8, 4) is 0 Å². The number of rotatable bonds is 3. The summed E-state index contributed by atoms with van der Waals surface area (Å²) >= 11 is 0. The first-order valence-corrected chi connectivity index (χ1v) is 8.05. The number of carbonyl (C=O) groups is 1. The Bertz CT molecular complexity index is 513.